The van der Waals surface area contributed by atoms with Crippen molar-refractivity contribution in [2.45, 2.75) is 33.1 Å². The van der Waals surface area contributed by atoms with E-state index >= 15 is 0 Å². The Bertz CT molecular complexity index is 2960. The van der Waals surface area contributed by atoms with E-state index in [4.69, 9.17) is 0 Å². The van der Waals surface area contributed by atoms with Crippen LogP contribution >= 0.6 is 0 Å². The zero-order valence-corrected chi connectivity index (χ0v) is 34.5. The predicted molar refractivity (Wildman–Crippen MR) is 253 cm³/mol. The lowest BCUT2D eigenvalue weighted by Gasteiger charge is -2.33. The van der Waals surface area contributed by atoms with Gasteiger partial charge in [-0.25, -0.2) is 0 Å². The summed E-state index contributed by atoms with van der Waals surface area (Å²) in [6.45, 7) is 9.12. The maximum atomic E-state index is 2.48. The van der Waals surface area contributed by atoms with Crippen LogP contribution in [0.5, 0.6) is 0 Å². The first-order valence-electron chi connectivity index (χ1n) is 21.1. The summed E-state index contributed by atoms with van der Waals surface area (Å²) < 4.78 is 0. The highest BCUT2D eigenvalue weighted by Crippen LogP contribution is 2.65. The Morgan fingerprint density at radius 2 is 0.767 bits per heavy atom. The molecule has 1 heteroatoms. The molecule has 2 aliphatic rings. The van der Waals surface area contributed by atoms with Crippen molar-refractivity contribution < 1.29 is 0 Å². The second-order valence-corrected chi connectivity index (χ2v) is 16.7. The number of hydrogen-bond donors (Lipinski definition) is 0. The highest BCUT2D eigenvalue weighted by Gasteiger charge is 2.53. The summed E-state index contributed by atoms with van der Waals surface area (Å²) in [5.74, 6) is 0. The lowest BCUT2D eigenvalue weighted by atomic mass is 9.68. The van der Waals surface area contributed by atoms with Gasteiger partial charge >= 0.3 is 0 Å². The number of benzene rings is 9. The molecule has 0 unspecified atom stereocenters. The molecule has 1 nitrogen and oxygen atoms in total. The third kappa shape index (κ3) is 5.46. The largest absolute Gasteiger partial charge is 0.310 e. The fourth-order valence-corrected chi connectivity index (χ4v) is 10.6. The molecule has 60 heavy (non-hydrogen) atoms. The molecule has 0 bridgehead atoms. The van der Waals surface area contributed by atoms with E-state index in [-0.39, 0.29) is 0 Å². The highest BCUT2D eigenvalue weighted by molar-refractivity contribution is 6.00. The summed E-state index contributed by atoms with van der Waals surface area (Å²) in [4.78, 5) is 2.40. The second kappa shape index (κ2) is 14.0. The standard InChI is InChI=1S/C59H45N/c1-38-33-40(3)56-54(35-38)59(55-36-39(2)34-41(4)57(55)56)53-24-12-11-21-51(53)52-23-14-22-50(58(52)59)46-19-13-20-49(37-46)60(47-29-25-44(26-30-47)42-15-7-5-8-16-42)48-31-27-45(28-32-48)43-17-9-6-10-18-43/h5-37H,1-4H3. The second-order valence-electron chi connectivity index (χ2n) is 16.7. The molecular formula is C59H45N. The first-order valence-corrected chi connectivity index (χ1v) is 21.1. The zero-order chi connectivity index (χ0) is 40.5. The Morgan fingerprint density at radius 3 is 1.33 bits per heavy atom. The summed E-state index contributed by atoms with van der Waals surface area (Å²) >= 11 is 0. The topological polar surface area (TPSA) is 3.24 Å². The molecule has 286 valence electrons. The normalized spacial score (nSPS) is 12.8. The monoisotopic (exact) mass is 767 g/mol. The van der Waals surface area contributed by atoms with Crippen molar-refractivity contribution in [2.75, 3.05) is 4.90 Å². The van der Waals surface area contributed by atoms with Crippen LogP contribution < -0.4 is 4.90 Å². The molecule has 0 saturated carbocycles. The molecule has 0 atom stereocenters. The van der Waals surface area contributed by atoms with Crippen LogP contribution in [0.2, 0.25) is 0 Å². The highest BCUT2D eigenvalue weighted by atomic mass is 15.1. The van der Waals surface area contributed by atoms with Crippen molar-refractivity contribution in [1.82, 2.24) is 0 Å². The Morgan fingerprint density at radius 1 is 0.317 bits per heavy atom. The van der Waals surface area contributed by atoms with Gasteiger partial charge in [-0.15, -0.1) is 0 Å². The zero-order valence-electron chi connectivity index (χ0n) is 34.5. The predicted octanol–water partition coefficient (Wildman–Crippen LogP) is 15.7. The SMILES string of the molecule is Cc1cc(C)c2c(c1)C1(c3ccccc3-c3cccc(-c4cccc(N(c5ccc(-c6ccccc6)cc5)c5ccc(-c6ccccc6)cc5)c4)c31)c1cc(C)cc(C)c1-2. The first kappa shape index (κ1) is 35.9. The van der Waals surface area contributed by atoms with Gasteiger partial charge in [0.15, 0.2) is 0 Å². The van der Waals surface area contributed by atoms with Crippen molar-refractivity contribution in [1.29, 1.82) is 0 Å². The Balaban J connectivity index is 1.13. The lowest BCUT2D eigenvalue weighted by Crippen LogP contribution is -2.27. The van der Waals surface area contributed by atoms with Crippen molar-refractivity contribution in [2.24, 2.45) is 0 Å². The molecule has 9 aromatic rings. The molecule has 0 aromatic heterocycles. The number of fused-ring (bicyclic) bond motifs is 10. The van der Waals surface area contributed by atoms with Crippen LogP contribution in [-0.4, -0.2) is 0 Å². The van der Waals surface area contributed by atoms with Gasteiger partial charge < -0.3 is 4.90 Å². The summed E-state index contributed by atoms with van der Waals surface area (Å²) in [6.07, 6.45) is 0. The number of hydrogen-bond acceptors (Lipinski definition) is 1. The molecule has 9 aromatic carbocycles. The Hall–Kier alpha value is -7.22. The average molecular weight is 768 g/mol. The van der Waals surface area contributed by atoms with Crippen molar-refractivity contribution in [3.8, 4) is 55.6 Å². The van der Waals surface area contributed by atoms with Gasteiger partial charge in [0.05, 0.1) is 5.41 Å². The number of anilines is 3. The van der Waals surface area contributed by atoms with Gasteiger partial charge in [0, 0.05) is 17.1 Å². The smallest absolute Gasteiger partial charge is 0.0731 e. The molecule has 1 spiro atoms. The van der Waals surface area contributed by atoms with E-state index in [2.05, 4.69) is 233 Å². The number of aryl methyl sites for hydroxylation is 4. The molecule has 0 N–H and O–H groups in total. The Kier molecular flexibility index (Phi) is 8.36. The maximum Gasteiger partial charge on any atom is 0.0731 e. The average Bonchev–Trinajstić information content (AvgIpc) is 3.75. The molecule has 2 aliphatic carbocycles. The van der Waals surface area contributed by atoms with E-state index in [0.717, 1.165) is 17.1 Å². The number of rotatable bonds is 6. The molecule has 11 rings (SSSR count). The van der Waals surface area contributed by atoms with Gasteiger partial charge in [0.2, 0.25) is 0 Å². The third-order valence-corrected chi connectivity index (χ3v) is 13.0. The fraction of sp³-hybridized carbons (Fsp3) is 0.0847. The fourth-order valence-electron chi connectivity index (χ4n) is 10.6. The molecule has 0 radical (unpaired) electrons. The van der Waals surface area contributed by atoms with E-state index in [9.17, 15) is 0 Å². The van der Waals surface area contributed by atoms with Gasteiger partial charge in [-0.1, -0.05) is 175 Å². The third-order valence-electron chi connectivity index (χ3n) is 13.0. The van der Waals surface area contributed by atoms with Gasteiger partial charge in [0.25, 0.3) is 0 Å². The van der Waals surface area contributed by atoms with Crippen LogP contribution in [0.3, 0.4) is 0 Å². The lowest BCUT2D eigenvalue weighted by molar-refractivity contribution is 0.792. The molecule has 0 heterocycles. The van der Waals surface area contributed by atoms with E-state index in [1.165, 1.54) is 100 Å². The maximum absolute atomic E-state index is 2.48. The van der Waals surface area contributed by atoms with Crippen LogP contribution in [0.15, 0.2) is 200 Å². The molecule has 0 saturated heterocycles. The van der Waals surface area contributed by atoms with Crippen LogP contribution in [0.4, 0.5) is 17.1 Å². The Labute approximate surface area is 353 Å². The summed E-state index contributed by atoms with van der Waals surface area (Å²) in [7, 11) is 0. The summed E-state index contributed by atoms with van der Waals surface area (Å²) in [5, 5.41) is 0. The summed E-state index contributed by atoms with van der Waals surface area (Å²) in [5.41, 5.74) is 26.4. The number of nitrogens with zero attached hydrogens (tertiary/aromatic N) is 1. The van der Waals surface area contributed by atoms with Gasteiger partial charge in [-0.3, -0.25) is 0 Å². The first-order chi connectivity index (χ1) is 29.4. The minimum atomic E-state index is -0.461. The van der Waals surface area contributed by atoms with Crippen LogP contribution in [0, 0.1) is 27.7 Å². The van der Waals surface area contributed by atoms with E-state index in [1.54, 1.807) is 0 Å². The quantitative estimate of drug-likeness (QED) is 0.163. The molecule has 0 amide bonds. The van der Waals surface area contributed by atoms with E-state index in [0.29, 0.717) is 0 Å². The van der Waals surface area contributed by atoms with E-state index in [1.807, 2.05) is 0 Å². The van der Waals surface area contributed by atoms with Crippen LogP contribution in [0.25, 0.3) is 55.6 Å². The minimum absolute atomic E-state index is 0.461. The van der Waals surface area contributed by atoms with Gasteiger partial charge in [-0.05, 0) is 153 Å². The molecular weight excluding hydrogens is 723 g/mol. The van der Waals surface area contributed by atoms with Crippen molar-refractivity contribution in [3.05, 3.63) is 245 Å². The minimum Gasteiger partial charge on any atom is -0.310 e. The van der Waals surface area contributed by atoms with Crippen molar-refractivity contribution in [3.63, 3.8) is 0 Å². The molecule has 0 aliphatic heterocycles. The van der Waals surface area contributed by atoms with Crippen LogP contribution in [0.1, 0.15) is 44.5 Å². The van der Waals surface area contributed by atoms with Crippen LogP contribution in [-0.2, 0) is 5.41 Å². The van der Waals surface area contributed by atoms with Gasteiger partial charge in [0.1, 0.15) is 0 Å². The van der Waals surface area contributed by atoms with E-state index < -0.39 is 5.41 Å². The van der Waals surface area contributed by atoms with Crippen molar-refractivity contribution >= 4 is 17.1 Å². The molecule has 0 fully saturated rings. The summed E-state index contributed by atoms with van der Waals surface area (Å²) in [6, 6.07) is 74.3. The van der Waals surface area contributed by atoms with Gasteiger partial charge in [-0.2, -0.15) is 0 Å².